The summed E-state index contributed by atoms with van der Waals surface area (Å²) < 4.78 is 0. The molecule has 0 aliphatic heterocycles. The lowest BCUT2D eigenvalue weighted by atomic mass is 9.74. The van der Waals surface area contributed by atoms with Crippen LogP contribution in [0.4, 0.5) is 5.69 Å². The van der Waals surface area contributed by atoms with Crippen LogP contribution in [0.2, 0.25) is 5.02 Å². The number of rotatable bonds is 4. The van der Waals surface area contributed by atoms with Gasteiger partial charge in [-0.1, -0.05) is 38.8 Å². The Labute approximate surface area is 132 Å². The third-order valence-electron chi connectivity index (χ3n) is 4.61. The quantitative estimate of drug-likeness (QED) is 0.870. The molecule has 0 bridgehead atoms. The Morgan fingerprint density at radius 3 is 2.71 bits per heavy atom. The first kappa shape index (κ1) is 16.2. The Hall–Kier alpha value is -1.22. The third kappa shape index (κ3) is 3.91. The van der Waals surface area contributed by atoms with E-state index in [2.05, 4.69) is 26.1 Å². The van der Waals surface area contributed by atoms with E-state index in [1.165, 1.54) is 12.8 Å². The van der Waals surface area contributed by atoms with E-state index in [0.29, 0.717) is 28.5 Å². The highest BCUT2D eigenvalue weighted by Crippen LogP contribution is 2.35. The van der Waals surface area contributed by atoms with Gasteiger partial charge in [0.25, 0.3) is 0 Å². The van der Waals surface area contributed by atoms with Crippen molar-refractivity contribution in [3.8, 4) is 0 Å². The lowest BCUT2D eigenvalue weighted by Crippen LogP contribution is -2.37. The third-order valence-corrected chi connectivity index (χ3v) is 4.94. The Balaban J connectivity index is 2.18. The van der Waals surface area contributed by atoms with Crippen molar-refractivity contribution in [2.24, 2.45) is 23.5 Å². The summed E-state index contributed by atoms with van der Waals surface area (Å²) in [6.45, 7) is 6.87. The zero-order valence-corrected chi connectivity index (χ0v) is 13.8. The lowest BCUT2D eigenvalue weighted by Gasteiger charge is -2.38. The van der Waals surface area contributed by atoms with Crippen LogP contribution in [0.25, 0.3) is 0 Å². The van der Waals surface area contributed by atoms with Gasteiger partial charge in [-0.3, -0.25) is 4.79 Å². The van der Waals surface area contributed by atoms with Gasteiger partial charge in [-0.25, -0.2) is 0 Å². The molecule has 21 heavy (non-hydrogen) atoms. The Morgan fingerprint density at radius 2 is 2.10 bits per heavy atom. The van der Waals surface area contributed by atoms with Crippen molar-refractivity contribution in [3.63, 3.8) is 0 Å². The number of carbonyl (C=O) groups is 1. The number of hydrogen-bond acceptors (Lipinski definition) is 2. The Morgan fingerprint density at radius 1 is 1.38 bits per heavy atom. The molecule has 1 fully saturated rings. The molecule has 3 unspecified atom stereocenters. The topological polar surface area (TPSA) is 55.1 Å². The molecule has 1 amide bonds. The zero-order valence-electron chi connectivity index (χ0n) is 13.0. The standard InChI is InChI=1S/C17H25ClN2O/c1-10(2)13-6-4-11(3)8-16(13)20-12-5-7-15(18)14(9-12)17(19)21/h5,7,9-11,13,16,20H,4,6,8H2,1-3H3,(H2,19,21). The van der Waals surface area contributed by atoms with Crippen LogP contribution in [-0.4, -0.2) is 11.9 Å². The maximum atomic E-state index is 11.4. The van der Waals surface area contributed by atoms with Crippen molar-refractivity contribution in [2.45, 2.75) is 46.1 Å². The van der Waals surface area contributed by atoms with Crippen LogP contribution in [0.15, 0.2) is 18.2 Å². The van der Waals surface area contributed by atoms with E-state index in [4.69, 9.17) is 17.3 Å². The molecule has 0 heterocycles. The normalized spacial score (nSPS) is 25.9. The smallest absolute Gasteiger partial charge is 0.250 e. The molecule has 0 saturated heterocycles. The van der Waals surface area contributed by atoms with E-state index >= 15 is 0 Å². The highest BCUT2D eigenvalue weighted by Gasteiger charge is 2.30. The summed E-state index contributed by atoms with van der Waals surface area (Å²) in [7, 11) is 0. The SMILES string of the molecule is CC1CCC(C(C)C)C(Nc2ccc(Cl)c(C(N)=O)c2)C1. The van der Waals surface area contributed by atoms with Gasteiger partial charge >= 0.3 is 0 Å². The highest BCUT2D eigenvalue weighted by molar-refractivity contribution is 6.33. The number of benzene rings is 1. The van der Waals surface area contributed by atoms with E-state index in [1.54, 1.807) is 12.1 Å². The van der Waals surface area contributed by atoms with Crippen LogP contribution in [0, 0.1) is 17.8 Å². The van der Waals surface area contributed by atoms with Gasteiger partial charge in [0.15, 0.2) is 0 Å². The van der Waals surface area contributed by atoms with E-state index in [0.717, 1.165) is 18.0 Å². The van der Waals surface area contributed by atoms with Crippen molar-refractivity contribution >= 4 is 23.2 Å². The van der Waals surface area contributed by atoms with Crippen molar-refractivity contribution in [2.75, 3.05) is 5.32 Å². The average molecular weight is 309 g/mol. The van der Waals surface area contributed by atoms with Gasteiger partial charge in [0.2, 0.25) is 5.91 Å². The number of hydrogen-bond donors (Lipinski definition) is 2. The summed E-state index contributed by atoms with van der Waals surface area (Å²) in [6, 6.07) is 5.86. The molecule has 1 aromatic carbocycles. The van der Waals surface area contributed by atoms with Crippen LogP contribution in [0.3, 0.4) is 0 Å². The highest BCUT2D eigenvalue weighted by atomic mass is 35.5. The van der Waals surface area contributed by atoms with Crippen LogP contribution >= 0.6 is 11.6 Å². The van der Waals surface area contributed by atoms with Gasteiger partial charge in [0.05, 0.1) is 10.6 Å². The number of anilines is 1. The molecule has 1 aromatic rings. The molecular weight excluding hydrogens is 284 g/mol. The summed E-state index contributed by atoms with van der Waals surface area (Å²) in [5.41, 5.74) is 6.67. The minimum atomic E-state index is -0.485. The average Bonchev–Trinajstić information content (AvgIpc) is 2.40. The molecule has 1 saturated carbocycles. The molecule has 0 spiro atoms. The predicted molar refractivity (Wildman–Crippen MR) is 88.7 cm³/mol. The zero-order chi connectivity index (χ0) is 15.6. The molecule has 0 aromatic heterocycles. The number of amides is 1. The minimum Gasteiger partial charge on any atom is -0.382 e. The maximum Gasteiger partial charge on any atom is 0.250 e. The molecule has 4 heteroatoms. The van der Waals surface area contributed by atoms with E-state index in [1.807, 2.05) is 6.07 Å². The first-order valence-electron chi connectivity index (χ1n) is 7.74. The van der Waals surface area contributed by atoms with Crippen molar-refractivity contribution in [1.82, 2.24) is 0 Å². The first-order chi connectivity index (χ1) is 9.88. The molecule has 1 aliphatic carbocycles. The summed E-state index contributed by atoms with van der Waals surface area (Å²) >= 11 is 6.01. The predicted octanol–water partition coefficient (Wildman–Crippen LogP) is 4.31. The molecule has 0 radical (unpaired) electrons. The van der Waals surface area contributed by atoms with Crippen LogP contribution in [0.1, 0.15) is 50.4 Å². The van der Waals surface area contributed by atoms with Gasteiger partial charge in [0, 0.05) is 11.7 Å². The van der Waals surface area contributed by atoms with E-state index < -0.39 is 5.91 Å². The second kappa shape index (κ2) is 6.69. The fourth-order valence-corrected chi connectivity index (χ4v) is 3.60. The number of carbonyl (C=O) groups excluding carboxylic acids is 1. The number of nitrogens with one attached hydrogen (secondary N) is 1. The van der Waals surface area contributed by atoms with E-state index in [9.17, 15) is 4.79 Å². The number of primary amides is 1. The Kier molecular flexibility index (Phi) is 5.15. The molecule has 3 N–H and O–H groups in total. The number of nitrogens with two attached hydrogens (primary N) is 1. The second-order valence-electron chi connectivity index (χ2n) is 6.64. The minimum absolute atomic E-state index is 0.381. The molecule has 2 rings (SSSR count). The monoisotopic (exact) mass is 308 g/mol. The van der Waals surface area contributed by atoms with Crippen LogP contribution in [0.5, 0.6) is 0 Å². The van der Waals surface area contributed by atoms with Gasteiger partial charge in [0.1, 0.15) is 0 Å². The first-order valence-corrected chi connectivity index (χ1v) is 8.12. The Bertz CT molecular complexity index is 516. The summed E-state index contributed by atoms with van der Waals surface area (Å²) in [5.74, 6) is 1.56. The molecule has 3 nitrogen and oxygen atoms in total. The molecule has 3 atom stereocenters. The van der Waals surface area contributed by atoms with E-state index in [-0.39, 0.29) is 0 Å². The van der Waals surface area contributed by atoms with Crippen LogP contribution < -0.4 is 11.1 Å². The molecular formula is C17H25ClN2O. The summed E-state index contributed by atoms with van der Waals surface area (Å²) in [6.07, 6.45) is 3.72. The fourth-order valence-electron chi connectivity index (χ4n) is 3.39. The number of halogens is 1. The fraction of sp³-hybridized carbons (Fsp3) is 0.588. The summed E-state index contributed by atoms with van der Waals surface area (Å²) in [4.78, 5) is 11.4. The van der Waals surface area contributed by atoms with Crippen molar-refractivity contribution < 1.29 is 4.79 Å². The van der Waals surface area contributed by atoms with Gasteiger partial charge in [-0.2, -0.15) is 0 Å². The van der Waals surface area contributed by atoms with Crippen molar-refractivity contribution in [1.29, 1.82) is 0 Å². The maximum absolute atomic E-state index is 11.4. The van der Waals surface area contributed by atoms with Crippen molar-refractivity contribution in [3.05, 3.63) is 28.8 Å². The van der Waals surface area contributed by atoms with Gasteiger partial charge in [-0.15, -0.1) is 0 Å². The summed E-state index contributed by atoms with van der Waals surface area (Å²) in [5, 5.41) is 4.01. The molecule has 1 aliphatic rings. The lowest BCUT2D eigenvalue weighted by molar-refractivity contribution is 0.100. The molecule has 116 valence electrons. The van der Waals surface area contributed by atoms with Gasteiger partial charge < -0.3 is 11.1 Å². The van der Waals surface area contributed by atoms with Crippen LogP contribution in [-0.2, 0) is 0 Å². The van der Waals surface area contributed by atoms with Gasteiger partial charge in [-0.05, 0) is 48.8 Å². The second-order valence-corrected chi connectivity index (χ2v) is 7.04. The largest absolute Gasteiger partial charge is 0.382 e.